The summed E-state index contributed by atoms with van der Waals surface area (Å²) in [7, 11) is 0. The second-order valence-corrected chi connectivity index (χ2v) is 5.94. The Morgan fingerprint density at radius 3 is 2.69 bits per heavy atom. The average molecular weight is 353 g/mol. The largest absolute Gasteiger partial charge is 0.493 e. The van der Waals surface area contributed by atoms with Crippen molar-refractivity contribution in [3.05, 3.63) is 59.2 Å². The van der Waals surface area contributed by atoms with Crippen LogP contribution >= 0.6 is 0 Å². The lowest BCUT2D eigenvalue weighted by molar-refractivity contribution is -0.116. The summed E-state index contributed by atoms with van der Waals surface area (Å²) in [6.45, 7) is 3.64. The van der Waals surface area contributed by atoms with Crippen LogP contribution in [0.3, 0.4) is 0 Å². The van der Waals surface area contributed by atoms with E-state index >= 15 is 0 Å². The summed E-state index contributed by atoms with van der Waals surface area (Å²) >= 11 is 0. The van der Waals surface area contributed by atoms with Gasteiger partial charge in [-0.2, -0.15) is 0 Å². The van der Waals surface area contributed by atoms with Crippen LogP contribution in [0.15, 0.2) is 42.5 Å². The van der Waals surface area contributed by atoms with Crippen LogP contribution in [0.5, 0.6) is 5.75 Å². The van der Waals surface area contributed by atoms with E-state index in [0.717, 1.165) is 5.56 Å². The maximum atomic E-state index is 12.4. The van der Waals surface area contributed by atoms with E-state index in [0.29, 0.717) is 23.6 Å². The zero-order chi connectivity index (χ0) is 18.7. The van der Waals surface area contributed by atoms with Gasteiger partial charge in [0.15, 0.2) is 12.4 Å². The molecule has 1 atom stereocenters. The first kappa shape index (κ1) is 17.7. The monoisotopic (exact) mass is 353 g/mol. The Kier molecular flexibility index (Phi) is 5.02. The van der Waals surface area contributed by atoms with Crippen LogP contribution in [0.2, 0.25) is 0 Å². The second kappa shape index (κ2) is 7.39. The molecule has 1 N–H and O–H groups in total. The lowest BCUT2D eigenvalue weighted by Crippen LogP contribution is -2.15. The van der Waals surface area contributed by atoms with E-state index < -0.39 is 5.97 Å². The van der Waals surface area contributed by atoms with Gasteiger partial charge in [-0.25, -0.2) is 4.79 Å². The third-order valence-corrected chi connectivity index (χ3v) is 4.23. The summed E-state index contributed by atoms with van der Waals surface area (Å²) in [5.41, 5.74) is 2.16. The number of fused-ring (bicyclic) bond motifs is 1. The van der Waals surface area contributed by atoms with Gasteiger partial charge < -0.3 is 14.8 Å². The lowest BCUT2D eigenvalue weighted by atomic mass is 9.99. The molecule has 3 rings (SSSR count). The van der Waals surface area contributed by atoms with Crippen molar-refractivity contribution in [1.82, 2.24) is 0 Å². The predicted octanol–water partition coefficient (Wildman–Crippen LogP) is 3.18. The fourth-order valence-corrected chi connectivity index (χ4v) is 2.80. The van der Waals surface area contributed by atoms with Crippen molar-refractivity contribution in [2.45, 2.75) is 19.8 Å². The van der Waals surface area contributed by atoms with Crippen molar-refractivity contribution in [2.24, 2.45) is 0 Å². The van der Waals surface area contributed by atoms with Crippen molar-refractivity contribution in [1.29, 1.82) is 0 Å². The van der Waals surface area contributed by atoms with Crippen molar-refractivity contribution < 1.29 is 23.9 Å². The first-order chi connectivity index (χ1) is 12.5. The number of carbonyl (C=O) groups excluding carboxylic acids is 3. The SMILES string of the molecule is CCOc1ccccc1C(=O)OCC(=O)c1ccc2c(c1)[C@H](C)C(=O)N2. The molecule has 134 valence electrons. The number of para-hydroxylation sites is 1. The highest BCUT2D eigenvalue weighted by molar-refractivity contribution is 6.05. The number of rotatable bonds is 6. The Balaban J connectivity index is 1.68. The van der Waals surface area contributed by atoms with Crippen LogP contribution in [0.1, 0.15) is 46.0 Å². The fourth-order valence-electron chi connectivity index (χ4n) is 2.80. The molecule has 0 radical (unpaired) electrons. The first-order valence-corrected chi connectivity index (χ1v) is 8.38. The molecule has 0 aliphatic carbocycles. The number of Topliss-reactive ketones (excluding diaryl/α,β-unsaturated/α-hetero) is 1. The van der Waals surface area contributed by atoms with Gasteiger partial charge in [0, 0.05) is 11.3 Å². The topological polar surface area (TPSA) is 81.7 Å². The molecule has 2 aromatic carbocycles. The zero-order valence-corrected chi connectivity index (χ0v) is 14.6. The van der Waals surface area contributed by atoms with E-state index in [4.69, 9.17) is 9.47 Å². The van der Waals surface area contributed by atoms with Crippen molar-refractivity contribution in [2.75, 3.05) is 18.5 Å². The molecule has 0 saturated heterocycles. The number of esters is 1. The molecule has 1 heterocycles. The van der Waals surface area contributed by atoms with E-state index in [1.54, 1.807) is 49.4 Å². The molecule has 6 heteroatoms. The van der Waals surface area contributed by atoms with Gasteiger partial charge in [0.25, 0.3) is 0 Å². The molecule has 0 fully saturated rings. The molecule has 0 bridgehead atoms. The average Bonchev–Trinajstić information content (AvgIpc) is 2.94. The molecule has 1 amide bonds. The number of anilines is 1. The van der Waals surface area contributed by atoms with E-state index in [1.165, 1.54) is 0 Å². The molecular formula is C20H19NO5. The predicted molar refractivity (Wildman–Crippen MR) is 95.7 cm³/mol. The van der Waals surface area contributed by atoms with Crippen LogP contribution in [0.4, 0.5) is 5.69 Å². The molecule has 2 aromatic rings. The zero-order valence-electron chi connectivity index (χ0n) is 14.6. The fraction of sp³-hybridized carbons (Fsp3) is 0.250. The summed E-state index contributed by atoms with van der Waals surface area (Å²) in [5, 5.41) is 2.75. The van der Waals surface area contributed by atoms with Crippen molar-refractivity contribution in [3.8, 4) is 5.75 Å². The second-order valence-electron chi connectivity index (χ2n) is 5.94. The summed E-state index contributed by atoms with van der Waals surface area (Å²) in [4.78, 5) is 36.3. The Hall–Kier alpha value is -3.15. The number of ketones is 1. The molecule has 1 aliphatic rings. The number of ether oxygens (including phenoxy) is 2. The molecule has 0 spiro atoms. The van der Waals surface area contributed by atoms with Crippen LogP contribution < -0.4 is 10.1 Å². The summed E-state index contributed by atoms with van der Waals surface area (Å²) in [5.74, 6) is -0.930. The van der Waals surface area contributed by atoms with E-state index in [1.807, 2.05) is 6.92 Å². The van der Waals surface area contributed by atoms with E-state index in [-0.39, 0.29) is 29.8 Å². The third-order valence-electron chi connectivity index (χ3n) is 4.23. The highest BCUT2D eigenvalue weighted by Crippen LogP contribution is 2.32. The molecule has 0 unspecified atom stereocenters. The molecule has 6 nitrogen and oxygen atoms in total. The summed E-state index contributed by atoms with van der Waals surface area (Å²) in [6.07, 6.45) is 0. The number of nitrogens with one attached hydrogen (secondary N) is 1. The van der Waals surface area contributed by atoms with Gasteiger partial charge in [0.2, 0.25) is 5.91 Å². The lowest BCUT2D eigenvalue weighted by Gasteiger charge is -2.10. The van der Waals surface area contributed by atoms with Gasteiger partial charge in [-0.05, 0) is 49.7 Å². The maximum absolute atomic E-state index is 12.4. The minimum absolute atomic E-state index is 0.0939. The Labute approximate surface area is 151 Å². The van der Waals surface area contributed by atoms with Crippen LogP contribution in [-0.2, 0) is 9.53 Å². The van der Waals surface area contributed by atoms with E-state index in [2.05, 4.69) is 5.32 Å². The van der Waals surface area contributed by atoms with E-state index in [9.17, 15) is 14.4 Å². The maximum Gasteiger partial charge on any atom is 0.342 e. The highest BCUT2D eigenvalue weighted by Gasteiger charge is 2.27. The Morgan fingerprint density at radius 1 is 1.15 bits per heavy atom. The molecule has 0 aromatic heterocycles. The molecule has 1 aliphatic heterocycles. The Bertz CT molecular complexity index is 874. The molecule has 26 heavy (non-hydrogen) atoms. The van der Waals surface area contributed by atoms with Crippen molar-refractivity contribution >= 4 is 23.3 Å². The van der Waals surface area contributed by atoms with Crippen molar-refractivity contribution in [3.63, 3.8) is 0 Å². The standard InChI is InChI=1S/C20H19NO5/c1-3-25-18-7-5-4-6-14(18)20(24)26-11-17(22)13-8-9-16-15(10-13)12(2)19(23)21-16/h4-10,12H,3,11H2,1-2H3,(H,21,23)/t12-/m0/s1. The number of benzene rings is 2. The van der Waals surface area contributed by atoms with Gasteiger partial charge in [-0.15, -0.1) is 0 Å². The minimum atomic E-state index is -0.617. The van der Waals surface area contributed by atoms with Crippen LogP contribution in [0, 0.1) is 0 Å². The smallest absolute Gasteiger partial charge is 0.342 e. The van der Waals surface area contributed by atoms with Crippen LogP contribution in [-0.4, -0.2) is 30.9 Å². The third kappa shape index (κ3) is 3.44. The molecular weight excluding hydrogens is 334 g/mol. The minimum Gasteiger partial charge on any atom is -0.493 e. The quantitative estimate of drug-likeness (QED) is 0.637. The summed E-state index contributed by atoms with van der Waals surface area (Å²) in [6, 6.07) is 11.7. The number of hydrogen-bond donors (Lipinski definition) is 1. The van der Waals surface area contributed by atoms with Gasteiger partial charge in [0.1, 0.15) is 11.3 Å². The first-order valence-electron chi connectivity index (χ1n) is 8.38. The molecule has 0 saturated carbocycles. The highest BCUT2D eigenvalue weighted by atomic mass is 16.5. The van der Waals surface area contributed by atoms with Gasteiger partial charge >= 0.3 is 5.97 Å². The van der Waals surface area contributed by atoms with Gasteiger partial charge in [-0.3, -0.25) is 9.59 Å². The van der Waals surface area contributed by atoms with Crippen LogP contribution in [0.25, 0.3) is 0 Å². The Morgan fingerprint density at radius 2 is 1.92 bits per heavy atom. The van der Waals surface area contributed by atoms with Gasteiger partial charge in [-0.1, -0.05) is 12.1 Å². The number of amides is 1. The number of hydrogen-bond acceptors (Lipinski definition) is 5. The number of carbonyl (C=O) groups is 3. The normalized spacial score (nSPS) is 15.2. The van der Waals surface area contributed by atoms with Gasteiger partial charge in [0.05, 0.1) is 12.5 Å². The summed E-state index contributed by atoms with van der Waals surface area (Å²) < 4.78 is 10.5.